The summed E-state index contributed by atoms with van der Waals surface area (Å²) in [4.78, 5) is 18.6. The number of nitrogens with one attached hydrogen (secondary N) is 1. The summed E-state index contributed by atoms with van der Waals surface area (Å²) >= 11 is 0. The van der Waals surface area contributed by atoms with Crippen LogP contribution in [0, 0.1) is 6.92 Å². The predicted molar refractivity (Wildman–Crippen MR) is 118 cm³/mol. The zero-order valence-electron chi connectivity index (χ0n) is 14.9. The minimum Gasteiger partial charge on any atom is -0.370 e. The van der Waals surface area contributed by atoms with Crippen LogP contribution >= 0.6 is 24.0 Å². The number of nitrogens with zero attached hydrogens (tertiary/aromatic N) is 2. The van der Waals surface area contributed by atoms with Gasteiger partial charge in [-0.15, -0.1) is 24.0 Å². The number of carbonyl (C=O) groups excluding carboxylic acids is 1. The van der Waals surface area contributed by atoms with Crippen molar-refractivity contribution in [1.29, 1.82) is 0 Å². The molecule has 138 valence electrons. The van der Waals surface area contributed by atoms with E-state index in [9.17, 15) is 4.79 Å². The number of hydrogen-bond acceptors (Lipinski definition) is 2. The third kappa shape index (κ3) is 5.20. The largest absolute Gasteiger partial charge is 0.370 e. The Morgan fingerprint density at radius 1 is 1.23 bits per heavy atom. The second kappa shape index (κ2) is 9.56. The first-order valence-corrected chi connectivity index (χ1v) is 8.65. The van der Waals surface area contributed by atoms with Gasteiger partial charge in [-0.05, 0) is 49.1 Å². The molecule has 5 nitrogen and oxygen atoms in total. The quantitative estimate of drug-likeness (QED) is 0.307. The molecule has 0 aliphatic carbocycles. The van der Waals surface area contributed by atoms with Gasteiger partial charge in [-0.2, -0.15) is 0 Å². The smallest absolute Gasteiger partial charge is 0.227 e. The van der Waals surface area contributed by atoms with Gasteiger partial charge in [-0.3, -0.25) is 9.79 Å². The Hall–Kier alpha value is -2.09. The minimum absolute atomic E-state index is 0. The summed E-state index contributed by atoms with van der Waals surface area (Å²) in [5.74, 6) is 0.537. The molecule has 26 heavy (non-hydrogen) atoms. The summed E-state index contributed by atoms with van der Waals surface area (Å²) in [5.41, 5.74) is 10.3. The van der Waals surface area contributed by atoms with Crippen LogP contribution in [0.5, 0.6) is 0 Å². The van der Waals surface area contributed by atoms with Crippen LogP contribution < -0.4 is 16.0 Å². The normalized spacial score (nSPS) is 13.1. The summed E-state index contributed by atoms with van der Waals surface area (Å²) < 4.78 is 0. The summed E-state index contributed by atoms with van der Waals surface area (Å²) in [6.45, 7) is 3.34. The lowest BCUT2D eigenvalue weighted by atomic mass is 10.2. The van der Waals surface area contributed by atoms with Gasteiger partial charge in [-0.25, -0.2) is 0 Å². The molecule has 0 spiro atoms. The summed E-state index contributed by atoms with van der Waals surface area (Å²) in [6.07, 6.45) is 2.11. The van der Waals surface area contributed by atoms with E-state index in [4.69, 9.17) is 5.73 Å². The van der Waals surface area contributed by atoms with Crippen LogP contribution in [-0.2, 0) is 11.2 Å². The molecule has 6 heteroatoms. The number of guanidine groups is 1. The molecule has 1 aliphatic rings. The maximum atomic E-state index is 12.4. The molecule has 0 atom stereocenters. The number of carbonyl (C=O) groups is 1. The van der Waals surface area contributed by atoms with Gasteiger partial charge < -0.3 is 16.0 Å². The predicted octanol–water partition coefficient (Wildman–Crippen LogP) is 3.71. The van der Waals surface area contributed by atoms with Crippen LogP contribution in [0.2, 0.25) is 0 Å². The monoisotopic (exact) mass is 464 g/mol. The van der Waals surface area contributed by atoms with Crippen molar-refractivity contribution >= 4 is 47.2 Å². The second-order valence-electron chi connectivity index (χ2n) is 6.29. The molecule has 0 fully saturated rings. The lowest BCUT2D eigenvalue weighted by molar-refractivity contribution is -0.118. The van der Waals surface area contributed by atoms with E-state index in [0.717, 1.165) is 29.9 Å². The van der Waals surface area contributed by atoms with E-state index in [0.29, 0.717) is 25.3 Å². The Balaban J connectivity index is 0.00000243. The van der Waals surface area contributed by atoms with Crippen LogP contribution in [0.1, 0.15) is 24.0 Å². The van der Waals surface area contributed by atoms with Gasteiger partial charge in [0.2, 0.25) is 5.91 Å². The average Bonchev–Trinajstić information content (AvgIpc) is 3.03. The van der Waals surface area contributed by atoms with Crippen LogP contribution in [0.15, 0.2) is 53.5 Å². The number of aryl methyl sites for hydroxylation is 1. The van der Waals surface area contributed by atoms with Crippen molar-refractivity contribution in [3.05, 3.63) is 59.7 Å². The van der Waals surface area contributed by atoms with Crippen molar-refractivity contribution < 1.29 is 4.79 Å². The molecule has 0 aromatic heterocycles. The first kappa shape index (κ1) is 20.2. The number of anilines is 2. The van der Waals surface area contributed by atoms with Crippen molar-refractivity contribution in [2.24, 2.45) is 10.7 Å². The van der Waals surface area contributed by atoms with Crippen molar-refractivity contribution in [2.75, 3.05) is 23.3 Å². The van der Waals surface area contributed by atoms with Crippen LogP contribution in [0.3, 0.4) is 0 Å². The second-order valence-corrected chi connectivity index (χ2v) is 6.29. The van der Waals surface area contributed by atoms with Crippen LogP contribution in [0.4, 0.5) is 11.4 Å². The number of rotatable bonds is 5. The third-order valence-corrected chi connectivity index (χ3v) is 4.31. The fourth-order valence-electron chi connectivity index (χ4n) is 3.07. The fraction of sp³-hybridized carbons (Fsp3) is 0.300. The van der Waals surface area contributed by atoms with Gasteiger partial charge in [0.15, 0.2) is 5.96 Å². The molecule has 1 aliphatic heterocycles. The highest BCUT2D eigenvalue weighted by Gasteiger charge is 2.23. The van der Waals surface area contributed by atoms with Gasteiger partial charge in [0.1, 0.15) is 0 Å². The summed E-state index contributed by atoms with van der Waals surface area (Å²) in [7, 11) is 0. The molecule has 2 aromatic rings. The molecule has 0 unspecified atom stereocenters. The number of para-hydroxylation sites is 1. The Kier molecular flexibility index (Phi) is 7.44. The number of benzene rings is 2. The van der Waals surface area contributed by atoms with Gasteiger partial charge >= 0.3 is 0 Å². The zero-order chi connectivity index (χ0) is 17.6. The van der Waals surface area contributed by atoms with Crippen molar-refractivity contribution in [1.82, 2.24) is 0 Å². The Bertz CT molecular complexity index is 791. The number of amides is 1. The number of aliphatic imine (C=N–C) groups is 1. The lowest BCUT2D eigenvalue weighted by Gasteiger charge is -2.17. The highest BCUT2D eigenvalue weighted by atomic mass is 127. The first-order chi connectivity index (χ1) is 12.1. The molecular weight excluding hydrogens is 439 g/mol. The summed E-state index contributed by atoms with van der Waals surface area (Å²) in [6, 6.07) is 16.1. The highest BCUT2D eigenvalue weighted by molar-refractivity contribution is 14.0. The van der Waals surface area contributed by atoms with Gasteiger partial charge in [-0.1, -0.05) is 30.3 Å². The molecule has 1 amide bonds. The lowest BCUT2D eigenvalue weighted by Crippen LogP contribution is -2.28. The minimum atomic E-state index is 0. The molecule has 0 saturated carbocycles. The molecule has 3 N–H and O–H groups in total. The van der Waals surface area contributed by atoms with E-state index in [1.807, 2.05) is 54.3 Å². The van der Waals surface area contributed by atoms with E-state index >= 15 is 0 Å². The van der Waals surface area contributed by atoms with E-state index < -0.39 is 0 Å². The molecule has 2 aromatic carbocycles. The van der Waals surface area contributed by atoms with Crippen molar-refractivity contribution in [2.45, 2.75) is 26.2 Å². The van der Waals surface area contributed by atoms with Crippen molar-refractivity contribution in [3.8, 4) is 0 Å². The average molecular weight is 464 g/mol. The van der Waals surface area contributed by atoms with Gasteiger partial charge in [0.25, 0.3) is 0 Å². The Morgan fingerprint density at radius 3 is 2.85 bits per heavy atom. The molecule has 3 rings (SSSR count). The molecule has 0 saturated heterocycles. The van der Waals surface area contributed by atoms with Crippen LogP contribution in [0.25, 0.3) is 0 Å². The number of halogens is 1. The fourth-order valence-corrected chi connectivity index (χ4v) is 3.07. The molecule has 0 bridgehead atoms. The maximum absolute atomic E-state index is 12.4. The topological polar surface area (TPSA) is 70.7 Å². The number of hydrogen-bond donors (Lipinski definition) is 2. The Labute approximate surface area is 171 Å². The van der Waals surface area contributed by atoms with E-state index in [-0.39, 0.29) is 29.9 Å². The highest BCUT2D eigenvalue weighted by Crippen LogP contribution is 2.28. The number of fused-ring (bicyclic) bond motifs is 1. The Morgan fingerprint density at radius 2 is 2.04 bits per heavy atom. The van der Waals surface area contributed by atoms with Crippen LogP contribution in [-0.4, -0.2) is 25.0 Å². The van der Waals surface area contributed by atoms with E-state index in [1.54, 1.807) is 0 Å². The standard InChI is InChI=1S/C20H24N4O.HI/c1-15-6-4-8-17(14-15)23-20(21)22-12-5-10-19(25)24-13-11-16-7-2-3-9-18(16)24;/h2-4,6-9,14H,5,10-13H2,1H3,(H3,21,22,23);1H. The first-order valence-electron chi connectivity index (χ1n) is 8.65. The number of nitrogens with two attached hydrogens (primary N) is 1. The SMILES string of the molecule is Cc1cccc(NC(N)=NCCCC(=O)N2CCc3ccccc32)c1.I. The molecule has 1 heterocycles. The third-order valence-electron chi connectivity index (χ3n) is 4.31. The van der Waals surface area contributed by atoms with E-state index in [1.165, 1.54) is 5.56 Å². The van der Waals surface area contributed by atoms with Gasteiger partial charge in [0.05, 0.1) is 0 Å². The van der Waals surface area contributed by atoms with Gasteiger partial charge in [0, 0.05) is 30.9 Å². The molecule has 0 radical (unpaired) electrons. The molecular formula is C20H25IN4O. The zero-order valence-corrected chi connectivity index (χ0v) is 17.3. The van der Waals surface area contributed by atoms with Crippen molar-refractivity contribution in [3.63, 3.8) is 0 Å². The summed E-state index contributed by atoms with van der Waals surface area (Å²) in [5, 5.41) is 3.07. The van der Waals surface area contributed by atoms with E-state index in [2.05, 4.69) is 16.4 Å². The maximum Gasteiger partial charge on any atom is 0.227 e.